The van der Waals surface area contributed by atoms with Crippen molar-refractivity contribution < 1.29 is 32.4 Å². The number of hydrogen-bond acceptors (Lipinski definition) is 7. The number of carbonyl (C=O) groups is 2. The molecule has 3 rings (SSSR count). The number of rotatable bonds is 3. The molecule has 0 spiro atoms. The zero-order valence-electron chi connectivity index (χ0n) is 14.3. The van der Waals surface area contributed by atoms with Gasteiger partial charge in [-0.05, 0) is 6.92 Å². The number of amides is 1. The fourth-order valence-corrected chi connectivity index (χ4v) is 2.91. The molecule has 0 saturated carbocycles. The maximum Gasteiger partial charge on any atom is 0.490 e. The third kappa shape index (κ3) is 6.32. The molecule has 12 heteroatoms. The van der Waals surface area contributed by atoms with Crippen LogP contribution in [0, 0.1) is 6.92 Å². The van der Waals surface area contributed by atoms with E-state index in [4.69, 9.17) is 14.4 Å². The van der Waals surface area contributed by atoms with Gasteiger partial charge in [0.15, 0.2) is 5.69 Å². The summed E-state index contributed by atoms with van der Waals surface area (Å²) < 4.78 is 36.4. The van der Waals surface area contributed by atoms with Gasteiger partial charge < -0.3 is 14.5 Å². The molecule has 148 valence electrons. The molecule has 0 aliphatic carbocycles. The molecule has 3 heterocycles. The Kier molecular flexibility index (Phi) is 6.91. The van der Waals surface area contributed by atoms with E-state index < -0.39 is 12.1 Å². The highest BCUT2D eigenvalue weighted by Crippen LogP contribution is 2.14. The van der Waals surface area contributed by atoms with Crippen molar-refractivity contribution in [1.29, 1.82) is 0 Å². The molecule has 27 heavy (non-hydrogen) atoms. The minimum Gasteiger partial charge on any atom is -0.475 e. The van der Waals surface area contributed by atoms with Gasteiger partial charge in [0.2, 0.25) is 0 Å². The van der Waals surface area contributed by atoms with Crippen LogP contribution < -0.4 is 0 Å². The number of aryl methyl sites for hydroxylation is 1. The lowest BCUT2D eigenvalue weighted by atomic mass is 10.2. The Hall–Kier alpha value is -2.47. The number of hydrogen-bond donors (Lipinski definition) is 1. The molecule has 1 amide bonds. The van der Waals surface area contributed by atoms with Crippen molar-refractivity contribution in [3.63, 3.8) is 0 Å². The SMILES string of the molecule is Cc1nc(CN2CCN(C(=O)c3ccon3)CC2)cs1.O=C(O)C(F)(F)F. The van der Waals surface area contributed by atoms with E-state index in [1.165, 1.54) is 6.26 Å². The van der Waals surface area contributed by atoms with Crippen molar-refractivity contribution in [2.45, 2.75) is 19.6 Å². The lowest BCUT2D eigenvalue weighted by Gasteiger charge is -2.33. The number of carbonyl (C=O) groups excluding carboxylic acids is 1. The van der Waals surface area contributed by atoms with E-state index in [0.29, 0.717) is 5.69 Å². The first kappa shape index (κ1) is 20.8. The Morgan fingerprint density at radius 1 is 1.30 bits per heavy atom. The van der Waals surface area contributed by atoms with Gasteiger partial charge >= 0.3 is 12.1 Å². The first-order chi connectivity index (χ1) is 12.7. The maximum atomic E-state index is 12.1. The van der Waals surface area contributed by atoms with Crippen molar-refractivity contribution in [2.24, 2.45) is 0 Å². The third-order valence-corrected chi connectivity index (χ3v) is 4.43. The highest BCUT2D eigenvalue weighted by atomic mass is 32.1. The van der Waals surface area contributed by atoms with Crippen LogP contribution in [-0.4, -0.2) is 69.3 Å². The summed E-state index contributed by atoms with van der Waals surface area (Å²) in [5.41, 5.74) is 1.50. The minimum absolute atomic E-state index is 0.0529. The number of halogens is 3. The van der Waals surface area contributed by atoms with Gasteiger partial charge in [0.1, 0.15) is 6.26 Å². The van der Waals surface area contributed by atoms with E-state index in [9.17, 15) is 18.0 Å². The summed E-state index contributed by atoms with van der Waals surface area (Å²) >= 11 is 1.68. The Morgan fingerprint density at radius 3 is 2.37 bits per heavy atom. The van der Waals surface area contributed by atoms with Crippen LogP contribution in [0.3, 0.4) is 0 Å². The van der Waals surface area contributed by atoms with Crippen LogP contribution in [0.4, 0.5) is 13.2 Å². The molecule has 1 saturated heterocycles. The Morgan fingerprint density at radius 2 is 1.93 bits per heavy atom. The fraction of sp³-hybridized carbons (Fsp3) is 0.467. The summed E-state index contributed by atoms with van der Waals surface area (Å²) in [7, 11) is 0. The summed E-state index contributed by atoms with van der Waals surface area (Å²) in [6.45, 7) is 6.03. The van der Waals surface area contributed by atoms with E-state index in [0.717, 1.165) is 43.4 Å². The van der Waals surface area contributed by atoms with Crippen LogP contribution in [0.5, 0.6) is 0 Å². The monoisotopic (exact) mass is 406 g/mol. The molecule has 0 aromatic carbocycles. The Bertz CT molecular complexity index is 755. The lowest BCUT2D eigenvalue weighted by molar-refractivity contribution is -0.192. The van der Waals surface area contributed by atoms with Gasteiger partial charge in [0.05, 0.1) is 10.7 Å². The highest BCUT2D eigenvalue weighted by molar-refractivity contribution is 7.09. The van der Waals surface area contributed by atoms with E-state index in [1.807, 2.05) is 11.8 Å². The van der Waals surface area contributed by atoms with Gasteiger partial charge in [-0.25, -0.2) is 9.78 Å². The zero-order chi connectivity index (χ0) is 20.0. The summed E-state index contributed by atoms with van der Waals surface area (Å²) in [6.07, 6.45) is -3.66. The average Bonchev–Trinajstić information content (AvgIpc) is 3.26. The van der Waals surface area contributed by atoms with Crippen LogP contribution in [0.15, 0.2) is 22.2 Å². The smallest absolute Gasteiger partial charge is 0.475 e. The van der Waals surface area contributed by atoms with Crippen LogP contribution in [0.1, 0.15) is 21.2 Å². The van der Waals surface area contributed by atoms with Gasteiger partial charge in [-0.1, -0.05) is 5.16 Å². The van der Waals surface area contributed by atoms with Gasteiger partial charge in [-0.15, -0.1) is 11.3 Å². The fourth-order valence-electron chi connectivity index (χ4n) is 2.30. The molecular weight excluding hydrogens is 389 g/mol. The number of aromatic nitrogens is 2. The van der Waals surface area contributed by atoms with Gasteiger partial charge in [-0.3, -0.25) is 9.69 Å². The first-order valence-corrected chi connectivity index (χ1v) is 8.68. The largest absolute Gasteiger partial charge is 0.490 e. The number of carboxylic acid groups (broad SMARTS) is 1. The summed E-state index contributed by atoms with van der Waals surface area (Å²) in [5, 5.41) is 14.0. The first-order valence-electron chi connectivity index (χ1n) is 7.80. The molecule has 1 aliphatic rings. The Balaban J connectivity index is 0.000000321. The molecule has 1 aliphatic heterocycles. The summed E-state index contributed by atoms with van der Waals surface area (Å²) in [4.78, 5) is 29.6. The lowest BCUT2D eigenvalue weighted by Crippen LogP contribution is -2.48. The zero-order valence-corrected chi connectivity index (χ0v) is 15.1. The summed E-state index contributed by atoms with van der Waals surface area (Å²) in [5.74, 6) is -2.81. The molecule has 1 fully saturated rings. The molecule has 0 atom stereocenters. The second-order valence-electron chi connectivity index (χ2n) is 5.61. The van der Waals surface area contributed by atoms with Crippen LogP contribution in [-0.2, 0) is 11.3 Å². The van der Waals surface area contributed by atoms with Crippen LogP contribution in [0.2, 0.25) is 0 Å². The van der Waals surface area contributed by atoms with Crippen LogP contribution in [0.25, 0.3) is 0 Å². The third-order valence-electron chi connectivity index (χ3n) is 3.61. The van der Waals surface area contributed by atoms with Crippen LogP contribution >= 0.6 is 11.3 Å². The number of aliphatic carboxylic acids is 1. The number of carboxylic acids is 1. The van der Waals surface area contributed by atoms with E-state index in [-0.39, 0.29) is 5.91 Å². The average molecular weight is 406 g/mol. The maximum absolute atomic E-state index is 12.1. The minimum atomic E-state index is -5.08. The topological polar surface area (TPSA) is 99.8 Å². The van der Waals surface area contributed by atoms with Crippen molar-refractivity contribution in [2.75, 3.05) is 26.2 Å². The van der Waals surface area contributed by atoms with Crippen molar-refractivity contribution >= 4 is 23.2 Å². The van der Waals surface area contributed by atoms with Gasteiger partial charge in [0.25, 0.3) is 5.91 Å². The van der Waals surface area contributed by atoms with Gasteiger partial charge in [0, 0.05) is 44.2 Å². The van der Waals surface area contributed by atoms with Crippen molar-refractivity contribution in [3.8, 4) is 0 Å². The Labute approximate surface area is 156 Å². The van der Waals surface area contributed by atoms with E-state index in [1.54, 1.807) is 17.4 Å². The number of thiazole rings is 1. The summed E-state index contributed by atoms with van der Waals surface area (Å²) in [6, 6.07) is 1.60. The molecular formula is C15H17F3N4O4S. The molecule has 0 unspecified atom stereocenters. The highest BCUT2D eigenvalue weighted by Gasteiger charge is 2.38. The predicted molar refractivity (Wildman–Crippen MR) is 88.2 cm³/mol. The molecule has 2 aromatic heterocycles. The van der Waals surface area contributed by atoms with Crippen molar-refractivity contribution in [1.82, 2.24) is 19.9 Å². The molecule has 2 aromatic rings. The molecule has 1 N–H and O–H groups in total. The van der Waals surface area contributed by atoms with E-state index >= 15 is 0 Å². The molecule has 8 nitrogen and oxygen atoms in total. The van der Waals surface area contributed by atoms with E-state index in [2.05, 4.69) is 20.4 Å². The number of piperazine rings is 1. The number of nitrogens with zero attached hydrogens (tertiary/aromatic N) is 4. The quantitative estimate of drug-likeness (QED) is 0.833. The molecule has 0 radical (unpaired) electrons. The molecule has 0 bridgehead atoms. The standard InChI is InChI=1S/C13H16N4O2S.C2HF3O2/c1-10-14-11(9-20-10)8-16-3-5-17(6-4-16)13(18)12-2-7-19-15-12;3-2(4,5)1(6)7/h2,7,9H,3-6,8H2,1H3;(H,6,7). The van der Waals surface area contributed by atoms with Gasteiger partial charge in [-0.2, -0.15) is 13.2 Å². The predicted octanol–water partition coefficient (Wildman–Crippen LogP) is 2.03. The second kappa shape index (κ2) is 8.95. The normalized spacial score (nSPS) is 15.2. The number of alkyl halides is 3. The second-order valence-corrected chi connectivity index (χ2v) is 6.68. The van der Waals surface area contributed by atoms with Crippen molar-refractivity contribution in [3.05, 3.63) is 34.1 Å².